The van der Waals surface area contributed by atoms with Gasteiger partial charge in [-0.3, -0.25) is 14.6 Å². The van der Waals surface area contributed by atoms with E-state index in [0.717, 1.165) is 0 Å². The molecule has 3 aromatic carbocycles. The molecule has 1 atom stereocenters. The molecule has 4 aromatic rings. The molecule has 36 heavy (non-hydrogen) atoms. The number of methoxy groups -OCH3 is 1. The highest BCUT2D eigenvalue weighted by atomic mass is 19.1. The van der Waals surface area contributed by atoms with Gasteiger partial charge in [-0.2, -0.15) is 0 Å². The fourth-order valence-electron chi connectivity index (χ4n) is 3.75. The molecule has 0 saturated carbocycles. The van der Waals surface area contributed by atoms with Crippen molar-refractivity contribution in [2.45, 2.75) is 12.6 Å². The van der Waals surface area contributed by atoms with Crippen LogP contribution in [0.1, 0.15) is 27.7 Å². The number of amides is 2. The van der Waals surface area contributed by atoms with Crippen LogP contribution < -0.4 is 10.1 Å². The van der Waals surface area contributed by atoms with E-state index in [1.807, 2.05) is 0 Å². The lowest BCUT2D eigenvalue weighted by Crippen LogP contribution is -2.41. The van der Waals surface area contributed by atoms with E-state index in [9.17, 15) is 14.0 Å². The largest absolute Gasteiger partial charge is 0.496 e. The summed E-state index contributed by atoms with van der Waals surface area (Å²) in [7, 11) is 1.49. The van der Waals surface area contributed by atoms with Gasteiger partial charge in [-0.1, -0.05) is 36.4 Å². The van der Waals surface area contributed by atoms with E-state index < -0.39 is 29.5 Å². The number of ether oxygens (including phenoxy) is 1. The van der Waals surface area contributed by atoms with Crippen LogP contribution in [-0.2, 0) is 11.3 Å². The molecule has 0 aliphatic carbocycles. The molecule has 9 heteroatoms. The average Bonchev–Trinajstić information content (AvgIpc) is 2.91. The molecule has 0 aliphatic rings. The van der Waals surface area contributed by atoms with Gasteiger partial charge in [0.25, 0.3) is 11.8 Å². The number of carbonyl (C=O) groups is 2. The number of hydrogen-bond acceptors (Lipinski definition) is 5. The summed E-state index contributed by atoms with van der Waals surface area (Å²) < 4.78 is 33.9. The summed E-state index contributed by atoms with van der Waals surface area (Å²) in [6.45, 7) is -0.102. The third kappa shape index (κ3) is 5.52. The summed E-state index contributed by atoms with van der Waals surface area (Å²) in [6, 6.07) is 16.4. The van der Waals surface area contributed by atoms with E-state index in [-0.39, 0.29) is 23.5 Å². The van der Waals surface area contributed by atoms with Crippen molar-refractivity contribution in [1.29, 1.82) is 0 Å². The van der Waals surface area contributed by atoms with Gasteiger partial charge in [0.05, 0.1) is 19.9 Å². The van der Waals surface area contributed by atoms with Gasteiger partial charge >= 0.3 is 0 Å². The van der Waals surface area contributed by atoms with Crippen LogP contribution in [0.3, 0.4) is 0 Å². The highest BCUT2D eigenvalue weighted by Crippen LogP contribution is 2.30. The Morgan fingerprint density at radius 1 is 0.972 bits per heavy atom. The van der Waals surface area contributed by atoms with Crippen LogP contribution in [0.25, 0.3) is 0 Å². The Hall–Kier alpha value is -4.66. The number of anilines is 1. The smallest absolute Gasteiger partial charge is 0.275 e. The van der Waals surface area contributed by atoms with Crippen molar-refractivity contribution in [2.24, 2.45) is 0 Å². The summed E-state index contributed by atoms with van der Waals surface area (Å²) in [6.07, 6.45) is 4.04. The molecule has 0 saturated heterocycles. The van der Waals surface area contributed by atoms with Crippen LogP contribution in [0.15, 0.2) is 91.4 Å². The minimum absolute atomic E-state index is 0.0238. The normalized spacial score (nSPS) is 11.4. The zero-order valence-electron chi connectivity index (χ0n) is 19.3. The third-order valence-electron chi connectivity index (χ3n) is 5.45. The van der Waals surface area contributed by atoms with Crippen LogP contribution >= 0.6 is 0 Å². The number of nitrogens with one attached hydrogen (secondary N) is 1. The number of benzene rings is 3. The van der Waals surface area contributed by atoms with E-state index in [1.54, 1.807) is 30.3 Å². The topological polar surface area (TPSA) is 84.4 Å². The van der Waals surface area contributed by atoms with Crippen LogP contribution in [0, 0.1) is 11.6 Å². The molecule has 7 nitrogen and oxygen atoms in total. The van der Waals surface area contributed by atoms with Gasteiger partial charge in [0.1, 0.15) is 29.1 Å². The maximum absolute atomic E-state index is 15.1. The van der Waals surface area contributed by atoms with Gasteiger partial charge in [-0.15, -0.1) is 0 Å². The Kier molecular flexibility index (Phi) is 7.60. The highest BCUT2D eigenvalue weighted by molar-refractivity contribution is 6.01. The predicted octanol–water partition coefficient (Wildman–Crippen LogP) is 4.79. The molecule has 4 rings (SSSR count). The minimum Gasteiger partial charge on any atom is -0.496 e. The first-order valence-electron chi connectivity index (χ1n) is 11.0. The Bertz CT molecular complexity index is 1350. The lowest BCUT2D eigenvalue weighted by atomic mass is 10.0. The van der Waals surface area contributed by atoms with Gasteiger partial charge in [-0.05, 0) is 36.4 Å². The van der Waals surface area contributed by atoms with Gasteiger partial charge in [0.15, 0.2) is 0 Å². The lowest BCUT2D eigenvalue weighted by Gasteiger charge is -2.31. The molecule has 0 aliphatic heterocycles. The molecule has 0 spiro atoms. The van der Waals surface area contributed by atoms with Gasteiger partial charge in [0, 0.05) is 29.2 Å². The number of hydrogen-bond donors (Lipinski definition) is 1. The van der Waals surface area contributed by atoms with Crippen molar-refractivity contribution >= 4 is 17.5 Å². The molecule has 1 N–H and O–H groups in total. The first-order valence-corrected chi connectivity index (χ1v) is 11.0. The first kappa shape index (κ1) is 24.5. The summed E-state index contributed by atoms with van der Waals surface area (Å²) in [5.41, 5.74) is 0.827. The van der Waals surface area contributed by atoms with Crippen molar-refractivity contribution in [1.82, 2.24) is 14.9 Å². The fraction of sp³-hybridized carbons (Fsp3) is 0.111. The second-order valence-corrected chi connectivity index (χ2v) is 7.76. The standard InChI is InChI=1S/C27H22F2N4O3/c1-36-24-9-5-2-6-18(24)17-33(27(35)23-16-30-14-15-31-23)25(21-7-3-4-8-22(21)29)26(34)32-20-12-10-19(28)11-13-20/h2-16,25H,17H2,1H3,(H,32,34)/t25-/m0/s1. The van der Waals surface area contributed by atoms with Crippen molar-refractivity contribution in [3.05, 3.63) is 120 Å². The number of halogens is 2. The summed E-state index contributed by atoms with van der Waals surface area (Å²) in [5, 5.41) is 2.66. The molecule has 2 amide bonds. The second kappa shape index (κ2) is 11.2. The summed E-state index contributed by atoms with van der Waals surface area (Å²) in [4.78, 5) is 36.6. The fourth-order valence-corrected chi connectivity index (χ4v) is 3.75. The Morgan fingerprint density at radius 3 is 2.39 bits per heavy atom. The summed E-state index contributed by atoms with van der Waals surface area (Å²) >= 11 is 0. The molecule has 0 fully saturated rings. The monoisotopic (exact) mass is 488 g/mol. The maximum atomic E-state index is 15.1. The van der Waals surface area contributed by atoms with E-state index in [0.29, 0.717) is 11.3 Å². The highest BCUT2D eigenvalue weighted by Gasteiger charge is 2.35. The number of para-hydroxylation sites is 1. The van der Waals surface area contributed by atoms with E-state index >= 15 is 4.39 Å². The number of rotatable bonds is 8. The van der Waals surface area contributed by atoms with Crippen LogP contribution in [0.5, 0.6) is 5.75 Å². The van der Waals surface area contributed by atoms with Gasteiger partial charge < -0.3 is 15.0 Å². The maximum Gasteiger partial charge on any atom is 0.275 e. The van der Waals surface area contributed by atoms with E-state index in [2.05, 4.69) is 15.3 Å². The Balaban J connectivity index is 1.82. The first-order chi connectivity index (χ1) is 17.5. The van der Waals surface area contributed by atoms with Gasteiger partial charge in [-0.25, -0.2) is 13.8 Å². The zero-order chi connectivity index (χ0) is 25.5. The SMILES string of the molecule is COc1ccccc1CN(C(=O)c1cnccn1)[C@H](C(=O)Nc1ccc(F)cc1)c1ccccc1F. The molecule has 0 unspecified atom stereocenters. The third-order valence-corrected chi connectivity index (χ3v) is 5.45. The molecular weight excluding hydrogens is 466 g/mol. The molecule has 0 bridgehead atoms. The van der Waals surface area contributed by atoms with Crippen LogP contribution in [0.4, 0.5) is 14.5 Å². The second-order valence-electron chi connectivity index (χ2n) is 7.76. The molecular formula is C27H22F2N4O3. The zero-order valence-corrected chi connectivity index (χ0v) is 19.3. The lowest BCUT2D eigenvalue weighted by molar-refractivity contribution is -0.121. The van der Waals surface area contributed by atoms with Gasteiger partial charge in [0.2, 0.25) is 0 Å². The average molecular weight is 488 g/mol. The molecule has 0 radical (unpaired) electrons. The van der Waals surface area contributed by atoms with Crippen LogP contribution in [-0.4, -0.2) is 33.8 Å². The van der Waals surface area contributed by atoms with Crippen molar-refractivity contribution in [2.75, 3.05) is 12.4 Å². The number of nitrogens with zero attached hydrogens (tertiary/aromatic N) is 3. The van der Waals surface area contributed by atoms with E-state index in [4.69, 9.17) is 4.74 Å². The Labute approximate surface area is 206 Å². The van der Waals surface area contributed by atoms with Crippen molar-refractivity contribution in [3.8, 4) is 5.75 Å². The van der Waals surface area contributed by atoms with Crippen LogP contribution in [0.2, 0.25) is 0 Å². The quantitative estimate of drug-likeness (QED) is 0.386. The molecule has 1 aromatic heterocycles. The van der Waals surface area contributed by atoms with Crippen molar-refractivity contribution in [3.63, 3.8) is 0 Å². The number of aromatic nitrogens is 2. The Morgan fingerprint density at radius 2 is 1.69 bits per heavy atom. The molecule has 182 valence electrons. The summed E-state index contributed by atoms with van der Waals surface area (Å²) in [5.74, 6) is -2.00. The number of carbonyl (C=O) groups excluding carboxylic acids is 2. The van der Waals surface area contributed by atoms with E-state index in [1.165, 1.54) is 73.1 Å². The molecule has 1 heterocycles. The predicted molar refractivity (Wildman–Crippen MR) is 129 cm³/mol. The minimum atomic E-state index is -1.41. The van der Waals surface area contributed by atoms with Crippen molar-refractivity contribution < 1.29 is 23.1 Å².